The molecule has 0 radical (unpaired) electrons. The summed E-state index contributed by atoms with van der Waals surface area (Å²) in [5, 5.41) is 14.0. The van der Waals surface area contributed by atoms with E-state index in [9.17, 15) is 14.4 Å². The predicted molar refractivity (Wildman–Crippen MR) is 120 cm³/mol. The Kier molecular flexibility index (Phi) is 6.39. The molecule has 170 valence electrons. The molecule has 1 unspecified atom stereocenters. The highest BCUT2D eigenvalue weighted by molar-refractivity contribution is 5.89. The first-order valence-corrected chi connectivity index (χ1v) is 10.6. The van der Waals surface area contributed by atoms with Crippen molar-refractivity contribution in [2.75, 3.05) is 6.61 Å². The number of carboxylic acids is 1. The number of carboxylic acid groups (broad SMARTS) is 1. The minimum absolute atomic E-state index is 0.0996. The van der Waals surface area contributed by atoms with Crippen LogP contribution in [0.4, 0.5) is 4.79 Å². The summed E-state index contributed by atoms with van der Waals surface area (Å²) in [6, 6.07) is 13.8. The number of hydrogen-bond acceptors (Lipinski definition) is 5. The van der Waals surface area contributed by atoms with E-state index < -0.39 is 30.1 Å². The van der Waals surface area contributed by atoms with Crippen LogP contribution in [0, 0.1) is 0 Å². The molecule has 2 aromatic carbocycles. The Morgan fingerprint density at radius 1 is 1.06 bits per heavy atom. The number of fused-ring (bicyclic) bond motifs is 3. The SMILES string of the molecule is CC(NC(=O)[C@@H](Cc1cnc[nH]1)NC(=O)OCC1c2ccccc2-c2ccccc21)C(=O)O. The number of ether oxygens (including phenoxy) is 1. The second kappa shape index (κ2) is 9.56. The van der Waals surface area contributed by atoms with Gasteiger partial charge in [0.05, 0.1) is 6.33 Å². The molecule has 1 aliphatic carbocycles. The number of H-pyrrole nitrogens is 1. The lowest BCUT2D eigenvalue weighted by atomic mass is 9.98. The van der Waals surface area contributed by atoms with Crippen molar-refractivity contribution in [1.29, 1.82) is 0 Å². The van der Waals surface area contributed by atoms with Crippen molar-refractivity contribution in [3.63, 3.8) is 0 Å². The summed E-state index contributed by atoms with van der Waals surface area (Å²) in [7, 11) is 0. The van der Waals surface area contributed by atoms with Gasteiger partial charge in [0.15, 0.2) is 0 Å². The smallest absolute Gasteiger partial charge is 0.407 e. The molecule has 0 bridgehead atoms. The van der Waals surface area contributed by atoms with Crippen LogP contribution in [0.2, 0.25) is 0 Å². The van der Waals surface area contributed by atoms with Gasteiger partial charge < -0.3 is 25.5 Å². The average molecular weight is 448 g/mol. The second-order valence-corrected chi connectivity index (χ2v) is 7.87. The van der Waals surface area contributed by atoms with Crippen LogP contribution in [0.3, 0.4) is 0 Å². The number of nitrogens with zero attached hydrogens (tertiary/aromatic N) is 1. The fraction of sp³-hybridized carbons (Fsp3) is 0.250. The maximum Gasteiger partial charge on any atom is 0.407 e. The molecule has 0 saturated carbocycles. The third-order valence-electron chi connectivity index (χ3n) is 5.66. The molecule has 1 aromatic heterocycles. The molecular formula is C24H24N4O5. The molecule has 0 spiro atoms. The highest BCUT2D eigenvalue weighted by Gasteiger charge is 2.30. The van der Waals surface area contributed by atoms with E-state index in [1.165, 1.54) is 19.4 Å². The normalized spacial score (nSPS) is 14.0. The Labute approximate surface area is 190 Å². The van der Waals surface area contributed by atoms with E-state index in [1.807, 2.05) is 48.5 Å². The lowest BCUT2D eigenvalue weighted by molar-refractivity contribution is -0.141. The summed E-state index contributed by atoms with van der Waals surface area (Å²) in [5.41, 5.74) is 4.99. The van der Waals surface area contributed by atoms with Gasteiger partial charge >= 0.3 is 12.1 Å². The van der Waals surface area contributed by atoms with Gasteiger partial charge in [0.2, 0.25) is 5.91 Å². The molecule has 9 nitrogen and oxygen atoms in total. The summed E-state index contributed by atoms with van der Waals surface area (Å²) in [4.78, 5) is 43.1. The van der Waals surface area contributed by atoms with E-state index in [0.29, 0.717) is 5.69 Å². The Hall–Kier alpha value is -4.14. The highest BCUT2D eigenvalue weighted by atomic mass is 16.5. The number of alkyl carbamates (subject to hydrolysis) is 1. The molecule has 33 heavy (non-hydrogen) atoms. The standard InChI is InChI=1S/C24H24N4O5/c1-14(23(30)31)27-22(29)21(10-15-11-25-13-26-15)28-24(32)33-12-20-18-8-4-2-6-16(18)17-7-3-5-9-19(17)20/h2-9,11,13-14,20-21H,10,12H2,1H3,(H,25,26)(H,27,29)(H,28,32)(H,30,31)/t14?,21-/m1/s1. The fourth-order valence-corrected chi connectivity index (χ4v) is 3.98. The van der Waals surface area contributed by atoms with E-state index in [2.05, 4.69) is 20.6 Å². The van der Waals surface area contributed by atoms with Gasteiger partial charge in [0, 0.05) is 24.2 Å². The topological polar surface area (TPSA) is 133 Å². The van der Waals surface area contributed by atoms with Gasteiger partial charge in [-0.3, -0.25) is 9.59 Å². The zero-order valence-corrected chi connectivity index (χ0v) is 17.9. The van der Waals surface area contributed by atoms with Crippen LogP contribution in [-0.2, 0) is 20.7 Å². The van der Waals surface area contributed by atoms with Crippen molar-refractivity contribution in [2.24, 2.45) is 0 Å². The van der Waals surface area contributed by atoms with Crippen LogP contribution in [-0.4, -0.2) is 51.7 Å². The number of amides is 2. The number of carbonyl (C=O) groups is 3. The molecule has 0 fully saturated rings. The highest BCUT2D eigenvalue weighted by Crippen LogP contribution is 2.44. The zero-order chi connectivity index (χ0) is 23.4. The minimum atomic E-state index is -1.18. The average Bonchev–Trinajstić information content (AvgIpc) is 3.43. The summed E-state index contributed by atoms with van der Waals surface area (Å²) < 4.78 is 5.52. The molecule has 0 aliphatic heterocycles. The van der Waals surface area contributed by atoms with Crippen molar-refractivity contribution < 1.29 is 24.2 Å². The lowest BCUT2D eigenvalue weighted by Crippen LogP contribution is -2.52. The molecule has 4 rings (SSSR count). The zero-order valence-electron chi connectivity index (χ0n) is 17.9. The van der Waals surface area contributed by atoms with Gasteiger partial charge in [-0.25, -0.2) is 9.78 Å². The van der Waals surface area contributed by atoms with Gasteiger partial charge in [-0.1, -0.05) is 48.5 Å². The van der Waals surface area contributed by atoms with E-state index >= 15 is 0 Å². The number of aromatic amines is 1. The van der Waals surface area contributed by atoms with Crippen molar-refractivity contribution in [3.05, 3.63) is 77.9 Å². The quantitative estimate of drug-likeness (QED) is 0.418. The molecule has 2 atom stereocenters. The number of nitrogens with one attached hydrogen (secondary N) is 3. The molecule has 4 N–H and O–H groups in total. The molecule has 3 aromatic rings. The van der Waals surface area contributed by atoms with Gasteiger partial charge in [-0.15, -0.1) is 0 Å². The van der Waals surface area contributed by atoms with E-state index in [1.54, 1.807) is 0 Å². The Bertz CT molecular complexity index is 1120. The Morgan fingerprint density at radius 2 is 1.70 bits per heavy atom. The number of imidazole rings is 1. The number of rotatable bonds is 8. The summed E-state index contributed by atoms with van der Waals surface area (Å²) >= 11 is 0. The summed E-state index contributed by atoms with van der Waals surface area (Å²) in [6.07, 6.45) is 2.32. The van der Waals surface area contributed by atoms with Gasteiger partial charge in [0.25, 0.3) is 0 Å². The first kappa shape index (κ1) is 22.1. The maximum atomic E-state index is 12.6. The van der Waals surface area contributed by atoms with Gasteiger partial charge in [-0.2, -0.15) is 0 Å². The van der Waals surface area contributed by atoms with Crippen LogP contribution in [0.15, 0.2) is 61.1 Å². The molecular weight excluding hydrogens is 424 g/mol. The first-order valence-electron chi connectivity index (χ1n) is 10.6. The Balaban J connectivity index is 1.44. The van der Waals surface area contributed by atoms with Gasteiger partial charge in [-0.05, 0) is 29.2 Å². The van der Waals surface area contributed by atoms with Crippen molar-refractivity contribution in [1.82, 2.24) is 20.6 Å². The van der Waals surface area contributed by atoms with Crippen molar-refractivity contribution in [2.45, 2.75) is 31.3 Å². The van der Waals surface area contributed by atoms with Gasteiger partial charge in [0.1, 0.15) is 18.7 Å². The Morgan fingerprint density at radius 3 is 2.27 bits per heavy atom. The van der Waals surface area contributed by atoms with E-state index in [-0.39, 0.29) is 18.9 Å². The predicted octanol–water partition coefficient (Wildman–Crippen LogP) is 2.45. The largest absolute Gasteiger partial charge is 0.480 e. The van der Waals surface area contributed by atoms with E-state index in [0.717, 1.165) is 22.3 Å². The van der Waals surface area contributed by atoms with E-state index in [4.69, 9.17) is 9.84 Å². The number of aliphatic carboxylic acids is 1. The molecule has 1 heterocycles. The maximum absolute atomic E-state index is 12.6. The molecule has 2 amide bonds. The monoisotopic (exact) mass is 448 g/mol. The summed E-state index contributed by atoms with van der Waals surface area (Å²) in [5.74, 6) is -1.92. The molecule has 9 heteroatoms. The first-order chi connectivity index (χ1) is 15.9. The second-order valence-electron chi connectivity index (χ2n) is 7.87. The molecule has 0 saturated heterocycles. The number of hydrogen-bond donors (Lipinski definition) is 4. The van der Waals surface area contributed by atoms with Crippen LogP contribution < -0.4 is 10.6 Å². The summed E-state index contributed by atoms with van der Waals surface area (Å²) in [6.45, 7) is 1.45. The number of benzene rings is 2. The minimum Gasteiger partial charge on any atom is -0.480 e. The number of aromatic nitrogens is 2. The number of carbonyl (C=O) groups excluding carboxylic acids is 2. The molecule has 1 aliphatic rings. The van der Waals surface area contributed by atoms with Crippen LogP contribution in [0.1, 0.15) is 29.7 Å². The van der Waals surface area contributed by atoms with Crippen molar-refractivity contribution in [3.8, 4) is 11.1 Å². The lowest BCUT2D eigenvalue weighted by Gasteiger charge is -2.20. The van der Waals surface area contributed by atoms with Crippen LogP contribution >= 0.6 is 0 Å². The van der Waals surface area contributed by atoms with Crippen LogP contribution in [0.25, 0.3) is 11.1 Å². The fourth-order valence-electron chi connectivity index (χ4n) is 3.98. The third-order valence-corrected chi connectivity index (χ3v) is 5.66. The van der Waals surface area contributed by atoms with Crippen molar-refractivity contribution >= 4 is 18.0 Å². The third kappa shape index (κ3) is 4.87. The van der Waals surface area contributed by atoms with Crippen LogP contribution in [0.5, 0.6) is 0 Å².